The van der Waals surface area contributed by atoms with Crippen molar-refractivity contribution < 1.29 is 13.2 Å². The molecular weight excluding hydrogens is 314 g/mol. The van der Waals surface area contributed by atoms with Crippen LogP contribution in [0.3, 0.4) is 0 Å². The highest BCUT2D eigenvalue weighted by atomic mass is 35.5. The summed E-state index contributed by atoms with van der Waals surface area (Å²) in [6.07, 6.45) is 0. The van der Waals surface area contributed by atoms with Crippen LogP contribution < -0.4 is 11.1 Å². The number of benzene rings is 1. The number of hydrogen-bond acceptors (Lipinski definition) is 4. The van der Waals surface area contributed by atoms with E-state index in [4.69, 9.17) is 17.3 Å². The molecule has 1 aromatic rings. The Hall–Kier alpha value is -1.31. The van der Waals surface area contributed by atoms with E-state index in [0.717, 1.165) is 4.31 Å². The van der Waals surface area contributed by atoms with Crippen molar-refractivity contribution in [3.05, 3.63) is 23.2 Å². The van der Waals surface area contributed by atoms with Crippen LogP contribution in [0.1, 0.15) is 20.8 Å². The Kier molecular flexibility index (Phi) is 6.00. The summed E-state index contributed by atoms with van der Waals surface area (Å²) >= 11 is 5.77. The van der Waals surface area contributed by atoms with E-state index in [1.54, 1.807) is 20.8 Å². The number of carbonyl (C=O) groups is 1. The van der Waals surface area contributed by atoms with Crippen LogP contribution in [0, 0.1) is 0 Å². The fraction of sp³-hybridized carbons (Fsp3) is 0.462. The lowest BCUT2D eigenvalue weighted by Gasteiger charge is -2.21. The largest absolute Gasteiger partial charge is 0.398 e. The Labute approximate surface area is 130 Å². The van der Waals surface area contributed by atoms with Gasteiger partial charge in [0, 0.05) is 17.6 Å². The lowest BCUT2D eigenvalue weighted by molar-refractivity contribution is -0.121. The third kappa shape index (κ3) is 4.59. The van der Waals surface area contributed by atoms with Gasteiger partial charge in [-0.2, -0.15) is 4.31 Å². The molecule has 0 bridgehead atoms. The molecule has 0 heterocycles. The van der Waals surface area contributed by atoms with Crippen LogP contribution in [0.2, 0.25) is 5.02 Å². The highest BCUT2D eigenvalue weighted by molar-refractivity contribution is 7.89. The minimum Gasteiger partial charge on any atom is -0.398 e. The van der Waals surface area contributed by atoms with Crippen LogP contribution in [0.25, 0.3) is 0 Å². The molecule has 0 unspecified atom stereocenters. The van der Waals surface area contributed by atoms with Crippen LogP contribution in [0.15, 0.2) is 23.1 Å². The lowest BCUT2D eigenvalue weighted by Crippen LogP contribution is -2.42. The summed E-state index contributed by atoms with van der Waals surface area (Å²) in [6.45, 7) is 5.18. The first-order chi connectivity index (χ1) is 9.68. The summed E-state index contributed by atoms with van der Waals surface area (Å²) in [6, 6.07) is 4.11. The van der Waals surface area contributed by atoms with Gasteiger partial charge < -0.3 is 11.1 Å². The molecule has 0 aliphatic carbocycles. The average Bonchev–Trinajstić information content (AvgIpc) is 2.34. The van der Waals surface area contributed by atoms with Gasteiger partial charge in [-0.05, 0) is 32.0 Å². The number of halogens is 1. The minimum absolute atomic E-state index is 0.0499. The highest BCUT2D eigenvalue weighted by Crippen LogP contribution is 2.25. The Bertz CT molecular complexity index is 617. The van der Waals surface area contributed by atoms with Crippen LogP contribution in [0.4, 0.5) is 5.69 Å². The zero-order chi connectivity index (χ0) is 16.2. The average molecular weight is 334 g/mol. The Balaban J connectivity index is 3.05. The fourth-order valence-corrected chi connectivity index (χ4v) is 3.47. The Morgan fingerprint density at radius 1 is 1.43 bits per heavy atom. The van der Waals surface area contributed by atoms with E-state index >= 15 is 0 Å². The molecule has 0 fully saturated rings. The number of carbonyl (C=O) groups excluding carboxylic acids is 1. The first kappa shape index (κ1) is 17.7. The van der Waals surface area contributed by atoms with Crippen molar-refractivity contribution in [3.8, 4) is 0 Å². The minimum atomic E-state index is -3.84. The van der Waals surface area contributed by atoms with Crippen molar-refractivity contribution in [2.24, 2.45) is 0 Å². The Morgan fingerprint density at radius 3 is 2.52 bits per heavy atom. The maximum atomic E-state index is 12.5. The second-order valence-corrected chi connectivity index (χ2v) is 7.18. The predicted octanol–water partition coefficient (Wildman–Crippen LogP) is 1.46. The number of nitrogens with zero attached hydrogens (tertiary/aromatic N) is 1. The highest BCUT2D eigenvalue weighted by Gasteiger charge is 2.27. The van der Waals surface area contributed by atoms with Crippen LogP contribution in [-0.2, 0) is 14.8 Å². The quantitative estimate of drug-likeness (QED) is 0.771. The predicted molar refractivity (Wildman–Crippen MR) is 83.6 cm³/mol. The second kappa shape index (κ2) is 7.11. The van der Waals surface area contributed by atoms with E-state index in [1.807, 2.05) is 0 Å². The summed E-state index contributed by atoms with van der Waals surface area (Å²) < 4.78 is 26.2. The number of hydrogen-bond donors (Lipinski definition) is 2. The van der Waals surface area contributed by atoms with Gasteiger partial charge in [0.2, 0.25) is 15.9 Å². The van der Waals surface area contributed by atoms with Gasteiger partial charge in [-0.3, -0.25) is 4.79 Å². The standard InChI is InChI=1S/C13H20ClN3O3S/c1-4-17(8-13(18)16-9(2)3)21(19,20)12-6-5-10(14)7-11(12)15/h5-7,9H,4,8,15H2,1-3H3,(H,16,18). The van der Waals surface area contributed by atoms with Gasteiger partial charge in [0.05, 0.1) is 12.2 Å². The molecule has 0 spiro atoms. The third-order valence-electron chi connectivity index (χ3n) is 2.71. The number of anilines is 1. The molecule has 3 N–H and O–H groups in total. The molecule has 0 atom stereocenters. The lowest BCUT2D eigenvalue weighted by atomic mass is 10.3. The van der Waals surface area contributed by atoms with Crippen LogP contribution >= 0.6 is 11.6 Å². The molecule has 1 rings (SSSR count). The summed E-state index contributed by atoms with van der Waals surface area (Å²) in [5.41, 5.74) is 5.78. The Morgan fingerprint density at radius 2 is 2.05 bits per heavy atom. The van der Waals surface area contributed by atoms with Crippen LogP contribution in [0.5, 0.6) is 0 Å². The molecule has 1 aromatic carbocycles. The smallest absolute Gasteiger partial charge is 0.245 e. The van der Waals surface area contributed by atoms with E-state index in [9.17, 15) is 13.2 Å². The number of sulfonamides is 1. The molecule has 8 heteroatoms. The van der Waals surface area contributed by atoms with Gasteiger partial charge in [-0.1, -0.05) is 18.5 Å². The van der Waals surface area contributed by atoms with Gasteiger partial charge >= 0.3 is 0 Å². The van der Waals surface area contributed by atoms with Gasteiger partial charge in [0.25, 0.3) is 0 Å². The molecule has 0 aliphatic heterocycles. The summed E-state index contributed by atoms with van der Waals surface area (Å²) in [4.78, 5) is 11.7. The maximum Gasteiger partial charge on any atom is 0.245 e. The van der Waals surface area contributed by atoms with Crippen LogP contribution in [-0.4, -0.2) is 37.8 Å². The zero-order valence-corrected chi connectivity index (χ0v) is 13.8. The first-order valence-electron chi connectivity index (χ1n) is 6.53. The molecule has 1 amide bonds. The van der Waals surface area contributed by atoms with Gasteiger partial charge in [0.1, 0.15) is 4.90 Å². The number of amides is 1. The SMILES string of the molecule is CCN(CC(=O)NC(C)C)S(=O)(=O)c1ccc(Cl)cc1N. The third-order valence-corrected chi connectivity index (χ3v) is 4.94. The summed E-state index contributed by atoms with van der Waals surface area (Å²) in [5, 5.41) is 3.01. The number of nitrogens with two attached hydrogens (primary N) is 1. The second-order valence-electron chi connectivity index (χ2n) is 4.84. The van der Waals surface area contributed by atoms with E-state index in [1.165, 1.54) is 18.2 Å². The van der Waals surface area contributed by atoms with Gasteiger partial charge in [-0.25, -0.2) is 8.42 Å². The molecule has 0 saturated heterocycles. The summed E-state index contributed by atoms with van der Waals surface area (Å²) in [7, 11) is -3.84. The fourth-order valence-electron chi connectivity index (χ4n) is 1.79. The molecule has 118 valence electrons. The van der Waals surface area contributed by atoms with E-state index in [-0.39, 0.29) is 35.6 Å². The normalized spacial score (nSPS) is 11.9. The number of nitrogen functional groups attached to an aromatic ring is 1. The van der Waals surface area contributed by atoms with Crippen molar-refractivity contribution >= 4 is 33.2 Å². The molecule has 0 aliphatic rings. The van der Waals surface area contributed by atoms with Crippen molar-refractivity contribution in [2.45, 2.75) is 31.7 Å². The molecular formula is C13H20ClN3O3S. The number of nitrogens with one attached hydrogen (secondary N) is 1. The van der Waals surface area contributed by atoms with Crippen molar-refractivity contribution in [2.75, 3.05) is 18.8 Å². The van der Waals surface area contributed by atoms with E-state index in [0.29, 0.717) is 5.02 Å². The zero-order valence-electron chi connectivity index (χ0n) is 12.3. The maximum absolute atomic E-state index is 12.5. The summed E-state index contributed by atoms with van der Waals surface area (Å²) in [5.74, 6) is -0.358. The van der Waals surface area contributed by atoms with Gasteiger partial charge in [0.15, 0.2) is 0 Å². The van der Waals surface area contributed by atoms with Crippen molar-refractivity contribution in [1.82, 2.24) is 9.62 Å². The topological polar surface area (TPSA) is 92.5 Å². The van der Waals surface area contributed by atoms with Crippen molar-refractivity contribution in [1.29, 1.82) is 0 Å². The molecule has 6 nitrogen and oxygen atoms in total. The monoisotopic (exact) mass is 333 g/mol. The van der Waals surface area contributed by atoms with E-state index < -0.39 is 10.0 Å². The van der Waals surface area contributed by atoms with Gasteiger partial charge in [-0.15, -0.1) is 0 Å². The molecule has 0 radical (unpaired) electrons. The molecule has 0 saturated carbocycles. The first-order valence-corrected chi connectivity index (χ1v) is 8.34. The number of likely N-dealkylation sites (N-methyl/N-ethyl adjacent to an activating group) is 1. The molecule has 21 heavy (non-hydrogen) atoms. The number of rotatable bonds is 6. The van der Waals surface area contributed by atoms with Crippen molar-refractivity contribution in [3.63, 3.8) is 0 Å². The molecule has 0 aromatic heterocycles. The van der Waals surface area contributed by atoms with E-state index in [2.05, 4.69) is 5.32 Å².